The molecule has 1 saturated heterocycles. The Morgan fingerprint density at radius 3 is 2.92 bits per heavy atom. The number of carbonyl (C=O) groups excluding carboxylic acids is 1. The molecule has 3 nitrogen and oxygen atoms in total. The summed E-state index contributed by atoms with van der Waals surface area (Å²) in [6, 6.07) is 0.195. The third kappa shape index (κ3) is 2.05. The van der Waals surface area contributed by atoms with E-state index in [-0.39, 0.29) is 18.6 Å². The molecule has 0 bridgehead atoms. The molecule has 0 aromatic carbocycles. The van der Waals surface area contributed by atoms with Crippen LogP contribution in [-0.2, 0) is 4.79 Å². The molecule has 0 aliphatic carbocycles. The minimum Gasteiger partial charge on any atom is -0.395 e. The van der Waals surface area contributed by atoms with Crippen molar-refractivity contribution in [2.24, 2.45) is 5.92 Å². The minimum atomic E-state index is 0.146. The maximum absolute atomic E-state index is 11.2. The zero-order chi connectivity index (χ0) is 9.14. The first kappa shape index (κ1) is 9.68. The van der Waals surface area contributed by atoms with Crippen LogP contribution in [0.5, 0.6) is 0 Å². The van der Waals surface area contributed by atoms with Gasteiger partial charge in [-0.1, -0.05) is 6.92 Å². The third-order valence-electron chi connectivity index (χ3n) is 2.59. The molecule has 0 aromatic heterocycles. The van der Waals surface area contributed by atoms with Crippen LogP contribution in [0.3, 0.4) is 0 Å². The molecule has 2 unspecified atom stereocenters. The van der Waals surface area contributed by atoms with Crippen LogP contribution in [0, 0.1) is 5.92 Å². The van der Waals surface area contributed by atoms with Gasteiger partial charge in [0.15, 0.2) is 0 Å². The molecule has 1 N–H and O–H groups in total. The number of hydrogen-bond donors (Lipinski definition) is 1. The van der Waals surface area contributed by atoms with Crippen molar-refractivity contribution in [1.82, 2.24) is 4.90 Å². The van der Waals surface area contributed by atoms with Gasteiger partial charge in [-0.2, -0.15) is 0 Å². The number of hydrogen-bond acceptors (Lipinski definition) is 3. The van der Waals surface area contributed by atoms with Crippen LogP contribution in [0.15, 0.2) is 0 Å². The molecule has 0 spiro atoms. The molecule has 0 saturated carbocycles. The van der Waals surface area contributed by atoms with Gasteiger partial charge in [-0.15, -0.1) is 0 Å². The number of likely N-dealkylation sites (tertiary alicyclic amines) is 1. The van der Waals surface area contributed by atoms with Crippen molar-refractivity contribution in [3.05, 3.63) is 0 Å². The van der Waals surface area contributed by atoms with Crippen molar-refractivity contribution in [2.75, 3.05) is 19.7 Å². The van der Waals surface area contributed by atoms with Crippen molar-refractivity contribution in [3.63, 3.8) is 0 Å². The molecule has 1 aliphatic rings. The molecule has 70 valence electrons. The summed E-state index contributed by atoms with van der Waals surface area (Å²) in [7, 11) is 0. The molecule has 1 rings (SSSR count). The smallest absolute Gasteiger partial charge is 0.138 e. The predicted molar refractivity (Wildman–Crippen MR) is 46.9 cm³/mol. The first-order valence-corrected chi connectivity index (χ1v) is 4.52. The summed E-state index contributed by atoms with van der Waals surface area (Å²) in [5.41, 5.74) is 0. The van der Waals surface area contributed by atoms with Gasteiger partial charge < -0.3 is 5.11 Å². The van der Waals surface area contributed by atoms with Gasteiger partial charge in [0.25, 0.3) is 0 Å². The second-order valence-electron chi connectivity index (χ2n) is 3.64. The normalized spacial score (nSPS) is 28.9. The van der Waals surface area contributed by atoms with Crippen molar-refractivity contribution >= 4 is 5.78 Å². The van der Waals surface area contributed by atoms with Gasteiger partial charge in [0.2, 0.25) is 0 Å². The van der Waals surface area contributed by atoms with E-state index in [0.717, 1.165) is 13.1 Å². The number of Topliss-reactive ketones (excluding diaryl/α,β-unsaturated/α-hetero) is 1. The van der Waals surface area contributed by atoms with E-state index < -0.39 is 0 Å². The lowest BCUT2D eigenvalue weighted by atomic mass is 9.97. The van der Waals surface area contributed by atoms with E-state index in [1.54, 1.807) is 0 Å². The van der Waals surface area contributed by atoms with Gasteiger partial charge in [0, 0.05) is 31.5 Å². The molecule has 12 heavy (non-hydrogen) atoms. The Bertz CT molecular complexity index is 170. The van der Waals surface area contributed by atoms with E-state index in [2.05, 4.69) is 4.90 Å². The van der Waals surface area contributed by atoms with E-state index >= 15 is 0 Å². The SMILES string of the molecule is CC1CN(C(C)CO)CCC1=O. The Balaban J connectivity index is 2.45. The highest BCUT2D eigenvalue weighted by molar-refractivity contribution is 5.81. The molecule has 1 heterocycles. The average Bonchev–Trinajstić information content (AvgIpc) is 2.08. The number of carbonyl (C=O) groups is 1. The third-order valence-corrected chi connectivity index (χ3v) is 2.59. The van der Waals surface area contributed by atoms with Crippen LogP contribution in [0.2, 0.25) is 0 Å². The number of rotatable bonds is 2. The lowest BCUT2D eigenvalue weighted by molar-refractivity contribution is -0.126. The molecule has 0 amide bonds. The van der Waals surface area contributed by atoms with Gasteiger partial charge in [0.1, 0.15) is 5.78 Å². The maximum atomic E-state index is 11.2. The quantitative estimate of drug-likeness (QED) is 0.648. The van der Waals surface area contributed by atoms with Gasteiger partial charge in [-0.05, 0) is 6.92 Å². The number of piperidine rings is 1. The fraction of sp³-hybridized carbons (Fsp3) is 0.889. The summed E-state index contributed by atoms with van der Waals surface area (Å²) in [6.45, 7) is 5.74. The number of nitrogens with zero attached hydrogens (tertiary/aromatic N) is 1. The summed E-state index contributed by atoms with van der Waals surface area (Å²) >= 11 is 0. The molecule has 1 aliphatic heterocycles. The lowest BCUT2D eigenvalue weighted by Gasteiger charge is -2.33. The standard InChI is InChI=1S/C9H17NO2/c1-7-5-10(8(2)6-11)4-3-9(7)12/h7-8,11H,3-6H2,1-2H3. The topological polar surface area (TPSA) is 40.5 Å². The monoisotopic (exact) mass is 171 g/mol. The zero-order valence-corrected chi connectivity index (χ0v) is 7.79. The Kier molecular flexibility index (Phi) is 3.23. The number of aliphatic hydroxyl groups is 1. The predicted octanol–water partition coefficient (Wildman–Crippen LogP) is 0.278. The molecule has 1 fully saturated rings. The highest BCUT2D eigenvalue weighted by Gasteiger charge is 2.25. The van der Waals surface area contributed by atoms with E-state index in [1.165, 1.54) is 0 Å². The highest BCUT2D eigenvalue weighted by Crippen LogP contribution is 2.14. The van der Waals surface area contributed by atoms with Crippen molar-refractivity contribution < 1.29 is 9.90 Å². The summed E-state index contributed by atoms with van der Waals surface area (Å²) in [4.78, 5) is 13.3. The first-order valence-electron chi connectivity index (χ1n) is 4.52. The van der Waals surface area contributed by atoms with Crippen LogP contribution >= 0.6 is 0 Å². The van der Waals surface area contributed by atoms with Crippen molar-refractivity contribution in [3.8, 4) is 0 Å². The largest absolute Gasteiger partial charge is 0.395 e. The molecule has 0 aromatic rings. The molecule has 2 atom stereocenters. The Hall–Kier alpha value is -0.410. The Labute approximate surface area is 73.4 Å². The van der Waals surface area contributed by atoms with Crippen LogP contribution < -0.4 is 0 Å². The molecule has 0 radical (unpaired) electrons. The Morgan fingerprint density at radius 2 is 2.42 bits per heavy atom. The van der Waals surface area contributed by atoms with E-state index in [9.17, 15) is 4.79 Å². The summed E-state index contributed by atoms with van der Waals surface area (Å²) in [5, 5.41) is 8.91. The first-order chi connectivity index (χ1) is 5.65. The van der Waals surface area contributed by atoms with Gasteiger partial charge in [-0.25, -0.2) is 0 Å². The van der Waals surface area contributed by atoms with Crippen molar-refractivity contribution in [2.45, 2.75) is 26.3 Å². The minimum absolute atomic E-state index is 0.146. The van der Waals surface area contributed by atoms with E-state index in [0.29, 0.717) is 12.2 Å². The zero-order valence-electron chi connectivity index (χ0n) is 7.79. The van der Waals surface area contributed by atoms with Gasteiger partial charge in [-0.3, -0.25) is 9.69 Å². The molecule has 3 heteroatoms. The van der Waals surface area contributed by atoms with Gasteiger partial charge >= 0.3 is 0 Å². The lowest BCUT2D eigenvalue weighted by Crippen LogP contribution is -2.45. The fourth-order valence-corrected chi connectivity index (χ4v) is 1.56. The molecular weight excluding hydrogens is 154 g/mol. The number of ketones is 1. The van der Waals surface area contributed by atoms with Crippen LogP contribution in [0.4, 0.5) is 0 Å². The summed E-state index contributed by atoms with van der Waals surface area (Å²) in [5.74, 6) is 0.504. The van der Waals surface area contributed by atoms with Crippen LogP contribution in [0.25, 0.3) is 0 Å². The fourth-order valence-electron chi connectivity index (χ4n) is 1.56. The second-order valence-corrected chi connectivity index (χ2v) is 3.64. The van der Waals surface area contributed by atoms with Crippen molar-refractivity contribution in [1.29, 1.82) is 0 Å². The second kappa shape index (κ2) is 4.01. The average molecular weight is 171 g/mol. The highest BCUT2D eigenvalue weighted by atomic mass is 16.3. The summed E-state index contributed by atoms with van der Waals surface area (Å²) < 4.78 is 0. The van der Waals surface area contributed by atoms with Crippen LogP contribution in [0.1, 0.15) is 20.3 Å². The van der Waals surface area contributed by atoms with Crippen LogP contribution in [-0.4, -0.2) is 41.5 Å². The number of aliphatic hydroxyl groups excluding tert-OH is 1. The Morgan fingerprint density at radius 1 is 1.75 bits per heavy atom. The molecular formula is C9H17NO2. The summed E-state index contributed by atoms with van der Waals surface area (Å²) in [6.07, 6.45) is 0.644. The van der Waals surface area contributed by atoms with E-state index in [4.69, 9.17) is 5.11 Å². The van der Waals surface area contributed by atoms with Gasteiger partial charge in [0.05, 0.1) is 6.61 Å². The van der Waals surface area contributed by atoms with E-state index in [1.807, 2.05) is 13.8 Å². The maximum Gasteiger partial charge on any atom is 0.138 e.